The molecule has 0 aliphatic heterocycles. The van der Waals surface area contributed by atoms with E-state index in [9.17, 15) is 4.79 Å². The number of halogens is 1. The molecule has 1 aromatic heterocycles. The summed E-state index contributed by atoms with van der Waals surface area (Å²) in [6.45, 7) is 5.39. The van der Waals surface area contributed by atoms with Crippen molar-refractivity contribution in [2.45, 2.75) is 26.4 Å². The topological polar surface area (TPSA) is 93.0 Å². The van der Waals surface area contributed by atoms with Crippen LogP contribution >= 0.6 is 11.6 Å². The molecule has 7 heteroatoms. The molecule has 0 saturated heterocycles. The van der Waals surface area contributed by atoms with Gasteiger partial charge in [-0.15, -0.1) is 0 Å². The molecule has 0 spiro atoms. The van der Waals surface area contributed by atoms with Crippen molar-refractivity contribution in [2.24, 2.45) is 0 Å². The van der Waals surface area contributed by atoms with E-state index in [1.807, 2.05) is 0 Å². The van der Waals surface area contributed by atoms with Gasteiger partial charge in [0.05, 0.1) is 11.4 Å². The zero-order chi connectivity index (χ0) is 15.6. The fourth-order valence-electron chi connectivity index (χ4n) is 1.74. The van der Waals surface area contributed by atoms with E-state index >= 15 is 0 Å². The number of hydrogen-bond donors (Lipinski definition) is 3. The Morgan fingerprint density at radius 3 is 2.67 bits per heavy atom. The molecular weight excluding hydrogens is 292 g/mol. The van der Waals surface area contributed by atoms with Gasteiger partial charge >= 0.3 is 6.09 Å². The van der Waals surface area contributed by atoms with Crippen LogP contribution < -0.4 is 11.1 Å². The lowest BCUT2D eigenvalue weighted by molar-refractivity contribution is 0.0636. The summed E-state index contributed by atoms with van der Waals surface area (Å²) in [7, 11) is 0. The lowest BCUT2D eigenvalue weighted by Gasteiger charge is -2.20. The SMILES string of the molecule is CC(C)(C)OC(=O)Nc1ccc(Cl)cc1-c1cc(N)n[nH]1. The van der Waals surface area contributed by atoms with E-state index in [2.05, 4.69) is 15.5 Å². The molecule has 4 N–H and O–H groups in total. The third-order valence-electron chi connectivity index (χ3n) is 2.51. The second-order valence-corrected chi connectivity index (χ2v) is 5.96. The van der Waals surface area contributed by atoms with Crippen molar-refractivity contribution in [1.82, 2.24) is 10.2 Å². The fraction of sp³-hybridized carbons (Fsp3) is 0.286. The van der Waals surface area contributed by atoms with Crippen molar-refractivity contribution in [3.63, 3.8) is 0 Å². The van der Waals surface area contributed by atoms with E-state index in [-0.39, 0.29) is 0 Å². The molecule has 0 aliphatic carbocycles. The smallest absolute Gasteiger partial charge is 0.412 e. The highest BCUT2D eigenvalue weighted by molar-refractivity contribution is 6.31. The average Bonchev–Trinajstić information content (AvgIpc) is 2.75. The van der Waals surface area contributed by atoms with E-state index in [0.29, 0.717) is 27.8 Å². The predicted octanol–water partition coefficient (Wildman–Crippen LogP) is 3.66. The maximum absolute atomic E-state index is 11.9. The number of nitrogens with zero attached hydrogens (tertiary/aromatic N) is 1. The third kappa shape index (κ3) is 4.13. The average molecular weight is 309 g/mol. The number of anilines is 2. The fourth-order valence-corrected chi connectivity index (χ4v) is 1.91. The highest BCUT2D eigenvalue weighted by atomic mass is 35.5. The van der Waals surface area contributed by atoms with Gasteiger partial charge in [0.15, 0.2) is 0 Å². The van der Waals surface area contributed by atoms with Gasteiger partial charge in [0, 0.05) is 16.7 Å². The number of amides is 1. The first-order valence-corrected chi connectivity index (χ1v) is 6.73. The number of H-pyrrole nitrogens is 1. The number of aromatic nitrogens is 2. The van der Waals surface area contributed by atoms with Gasteiger partial charge in [-0.05, 0) is 39.0 Å². The maximum Gasteiger partial charge on any atom is 0.412 e. The highest BCUT2D eigenvalue weighted by Crippen LogP contribution is 2.30. The minimum Gasteiger partial charge on any atom is -0.444 e. The van der Waals surface area contributed by atoms with Crippen molar-refractivity contribution in [3.8, 4) is 11.3 Å². The Morgan fingerprint density at radius 1 is 1.38 bits per heavy atom. The van der Waals surface area contributed by atoms with Crippen molar-refractivity contribution in [2.75, 3.05) is 11.1 Å². The van der Waals surface area contributed by atoms with Crippen LogP contribution in [0, 0.1) is 0 Å². The number of benzene rings is 1. The Labute approximate surface area is 127 Å². The molecule has 2 rings (SSSR count). The summed E-state index contributed by atoms with van der Waals surface area (Å²) in [5.74, 6) is 0.355. The monoisotopic (exact) mass is 308 g/mol. The number of nitrogens with two attached hydrogens (primary N) is 1. The molecule has 0 atom stereocenters. The Balaban J connectivity index is 2.30. The Morgan fingerprint density at radius 2 is 2.10 bits per heavy atom. The maximum atomic E-state index is 11.9. The molecule has 0 fully saturated rings. The van der Waals surface area contributed by atoms with Gasteiger partial charge in [-0.2, -0.15) is 5.10 Å². The quantitative estimate of drug-likeness (QED) is 0.789. The van der Waals surface area contributed by atoms with Gasteiger partial charge in [-0.25, -0.2) is 4.79 Å². The van der Waals surface area contributed by atoms with Crippen molar-refractivity contribution >= 4 is 29.2 Å². The van der Waals surface area contributed by atoms with Gasteiger partial charge in [-0.3, -0.25) is 10.4 Å². The summed E-state index contributed by atoms with van der Waals surface area (Å²) >= 11 is 6.01. The summed E-state index contributed by atoms with van der Waals surface area (Å²) in [6.07, 6.45) is -0.543. The molecule has 1 aromatic carbocycles. The van der Waals surface area contributed by atoms with E-state index < -0.39 is 11.7 Å². The first kappa shape index (κ1) is 15.2. The van der Waals surface area contributed by atoms with Gasteiger partial charge in [0.2, 0.25) is 0 Å². The highest BCUT2D eigenvalue weighted by Gasteiger charge is 2.18. The summed E-state index contributed by atoms with van der Waals surface area (Å²) < 4.78 is 5.23. The minimum atomic E-state index is -0.574. The summed E-state index contributed by atoms with van der Waals surface area (Å²) in [4.78, 5) is 11.9. The number of aromatic amines is 1. The Kier molecular flexibility index (Phi) is 4.09. The number of rotatable bonds is 2. The molecule has 0 aliphatic rings. The zero-order valence-electron chi connectivity index (χ0n) is 12.0. The van der Waals surface area contributed by atoms with Crippen LogP contribution in [0.15, 0.2) is 24.3 Å². The van der Waals surface area contributed by atoms with Gasteiger partial charge in [-0.1, -0.05) is 11.6 Å². The second-order valence-electron chi connectivity index (χ2n) is 5.52. The molecule has 1 heterocycles. The van der Waals surface area contributed by atoms with Crippen LogP contribution in [0.2, 0.25) is 5.02 Å². The molecular formula is C14H17ClN4O2. The number of nitrogen functional groups attached to an aromatic ring is 1. The van der Waals surface area contributed by atoms with Gasteiger partial charge < -0.3 is 10.5 Å². The van der Waals surface area contributed by atoms with Crippen LogP contribution in [0.25, 0.3) is 11.3 Å². The molecule has 0 unspecified atom stereocenters. The molecule has 0 saturated carbocycles. The summed E-state index contributed by atoms with van der Waals surface area (Å²) in [6, 6.07) is 6.74. The summed E-state index contributed by atoms with van der Waals surface area (Å²) in [5, 5.41) is 9.88. The van der Waals surface area contributed by atoms with Gasteiger partial charge in [0.25, 0.3) is 0 Å². The van der Waals surface area contributed by atoms with Crippen molar-refractivity contribution < 1.29 is 9.53 Å². The number of carbonyl (C=O) groups is 1. The van der Waals surface area contributed by atoms with Crippen LogP contribution in [0.4, 0.5) is 16.3 Å². The van der Waals surface area contributed by atoms with Crippen LogP contribution in [0.1, 0.15) is 20.8 Å². The van der Waals surface area contributed by atoms with E-state index in [4.69, 9.17) is 22.1 Å². The summed E-state index contributed by atoms with van der Waals surface area (Å²) in [5.41, 5.74) is 6.91. The zero-order valence-corrected chi connectivity index (χ0v) is 12.8. The lowest BCUT2D eigenvalue weighted by Crippen LogP contribution is -2.27. The van der Waals surface area contributed by atoms with Crippen molar-refractivity contribution in [3.05, 3.63) is 29.3 Å². The molecule has 6 nitrogen and oxygen atoms in total. The van der Waals surface area contributed by atoms with Crippen LogP contribution in [-0.2, 0) is 4.74 Å². The van der Waals surface area contributed by atoms with Crippen LogP contribution in [0.5, 0.6) is 0 Å². The van der Waals surface area contributed by atoms with Crippen LogP contribution in [-0.4, -0.2) is 21.9 Å². The van der Waals surface area contributed by atoms with Crippen LogP contribution in [0.3, 0.4) is 0 Å². The Hall–Kier alpha value is -2.21. The molecule has 0 radical (unpaired) electrons. The molecule has 2 aromatic rings. The normalized spacial score (nSPS) is 11.2. The van der Waals surface area contributed by atoms with E-state index in [1.165, 1.54) is 0 Å². The number of hydrogen-bond acceptors (Lipinski definition) is 4. The third-order valence-corrected chi connectivity index (χ3v) is 2.74. The van der Waals surface area contributed by atoms with E-state index in [1.54, 1.807) is 45.0 Å². The molecule has 21 heavy (non-hydrogen) atoms. The van der Waals surface area contributed by atoms with E-state index in [0.717, 1.165) is 0 Å². The standard InChI is InChI=1S/C14H17ClN4O2/c1-14(2,3)21-13(20)17-10-5-4-8(15)6-9(10)11-7-12(16)19-18-11/h4-7H,1-3H3,(H,17,20)(H3,16,18,19). The number of nitrogens with one attached hydrogen (secondary N) is 2. The minimum absolute atomic E-state index is 0.355. The Bertz CT molecular complexity index is 661. The molecule has 0 bridgehead atoms. The lowest BCUT2D eigenvalue weighted by atomic mass is 10.1. The largest absolute Gasteiger partial charge is 0.444 e. The molecule has 1 amide bonds. The van der Waals surface area contributed by atoms with Gasteiger partial charge in [0.1, 0.15) is 11.4 Å². The number of carbonyl (C=O) groups excluding carboxylic acids is 1. The predicted molar refractivity (Wildman–Crippen MR) is 83.3 cm³/mol. The second kappa shape index (κ2) is 5.65. The first-order chi connectivity index (χ1) is 9.74. The van der Waals surface area contributed by atoms with Crippen molar-refractivity contribution in [1.29, 1.82) is 0 Å². The first-order valence-electron chi connectivity index (χ1n) is 6.35. The molecule has 112 valence electrons. The number of ether oxygens (including phenoxy) is 1.